The predicted octanol–water partition coefficient (Wildman–Crippen LogP) is 4.41. The van der Waals surface area contributed by atoms with E-state index in [-0.39, 0.29) is 12.1 Å². The van der Waals surface area contributed by atoms with Crippen molar-refractivity contribution in [1.82, 2.24) is 21.3 Å². The van der Waals surface area contributed by atoms with E-state index < -0.39 is 0 Å². The van der Waals surface area contributed by atoms with Crippen LogP contribution >= 0.6 is 0 Å². The molecule has 0 aliphatic heterocycles. The van der Waals surface area contributed by atoms with Gasteiger partial charge in [0.25, 0.3) is 0 Å². The van der Waals surface area contributed by atoms with Gasteiger partial charge in [-0.1, -0.05) is 66.1 Å². The van der Waals surface area contributed by atoms with Gasteiger partial charge < -0.3 is 21.3 Å². The molecule has 1 aliphatic rings. The Kier molecular flexibility index (Phi) is 8.96. The normalized spacial score (nSPS) is 17.9. The third kappa shape index (κ3) is 8.25. The Balaban J connectivity index is 1.31. The maximum absolute atomic E-state index is 12.2. The van der Waals surface area contributed by atoms with Crippen molar-refractivity contribution >= 4 is 12.1 Å². The summed E-state index contributed by atoms with van der Waals surface area (Å²) in [4.78, 5) is 24.3. The third-order valence-corrected chi connectivity index (χ3v) is 6.07. The molecule has 1 aliphatic carbocycles. The summed E-state index contributed by atoms with van der Waals surface area (Å²) in [7, 11) is 0. The molecule has 6 heteroatoms. The molecule has 32 heavy (non-hydrogen) atoms. The van der Waals surface area contributed by atoms with Crippen LogP contribution < -0.4 is 21.3 Å². The average molecular weight is 437 g/mol. The molecule has 3 rings (SSSR count). The van der Waals surface area contributed by atoms with Gasteiger partial charge in [0.15, 0.2) is 0 Å². The molecule has 2 aromatic carbocycles. The molecule has 172 valence electrons. The Morgan fingerprint density at radius 3 is 1.66 bits per heavy atom. The quantitative estimate of drug-likeness (QED) is 0.494. The van der Waals surface area contributed by atoms with Gasteiger partial charge in [-0.25, -0.2) is 9.59 Å². The van der Waals surface area contributed by atoms with E-state index in [0.717, 1.165) is 36.8 Å². The highest BCUT2D eigenvalue weighted by Crippen LogP contribution is 2.28. The maximum atomic E-state index is 12.2. The van der Waals surface area contributed by atoms with Crippen molar-refractivity contribution in [3.63, 3.8) is 0 Å². The number of nitrogens with one attached hydrogen (secondary N) is 4. The Labute approximate surface area is 191 Å². The summed E-state index contributed by atoms with van der Waals surface area (Å²) < 4.78 is 0. The molecule has 6 nitrogen and oxygen atoms in total. The van der Waals surface area contributed by atoms with E-state index in [4.69, 9.17) is 0 Å². The molecule has 0 aromatic heterocycles. The van der Waals surface area contributed by atoms with Gasteiger partial charge >= 0.3 is 12.1 Å². The lowest BCUT2D eigenvalue weighted by atomic mass is 9.81. The zero-order chi connectivity index (χ0) is 22.8. The molecule has 2 aromatic rings. The lowest BCUT2D eigenvalue weighted by molar-refractivity contribution is 0.221. The molecule has 0 spiro atoms. The second-order valence-electron chi connectivity index (χ2n) is 9.00. The molecule has 1 saturated carbocycles. The maximum Gasteiger partial charge on any atom is 0.315 e. The van der Waals surface area contributed by atoms with Crippen LogP contribution in [0.5, 0.6) is 0 Å². The number of carbonyl (C=O) groups excluding carboxylic acids is 2. The lowest BCUT2D eigenvalue weighted by Gasteiger charge is -2.29. The van der Waals surface area contributed by atoms with Crippen molar-refractivity contribution in [2.75, 3.05) is 13.1 Å². The van der Waals surface area contributed by atoms with Gasteiger partial charge in [0.05, 0.1) is 0 Å². The summed E-state index contributed by atoms with van der Waals surface area (Å²) >= 11 is 0. The first-order valence-electron chi connectivity index (χ1n) is 11.6. The summed E-state index contributed by atoms with van der Waals surface area (Å²) in [6.45, 7) is 6.51. The number of hydrogen-bond acceptors (Lipinski definition) is 2. The molecule has 1 fully saturated rings. The van der Waals surface area contributed by atoms with Gasteiger partial charge in [0.2, 0.25) is 0 Å². The number of hydrogen-bond donors (Lipinski definition) is 4. The summed E-state index contributed by atoms with van der Waals surface area (Å²) in [5.74, 6) is 0.909. The van der Waals surface area contributed by atoms with Crippen LogP contribution in [0.2, 0.25) is 0 Å². The number of aryl methyl sites for hydroxylation is 2. The van der Waals surface area contributed by atoms with Crippen LogP contribution in [0.3, 0.4) is 0 Å². The van der Waals surface area contributed by atoms with Crippen LogP contribution in [0, 0.1) is 25.7 Å². The second kappa shape index (κ2) is 12.1. The number of urea groups is 2. The number of amides is 4. The number of rotatable bonds is 8. The topological polar surface area (TPSA) is 82.3 Å². The van der Waals surface area contributed by atoms with Crippen molar-refractivity contribution in [3.8, 4) is 0 Å². The fourth-order valence-corrected chi connectivity index (χ4v) is 4.38. The van der Waals surface area contributed by atoms with Gasteiger partial charge in [-0.2, -0.15) is 0 Å². The Hall–Kier alpha value is -3.02. The summed E-state index contributed by atoms with van der Waals surface area (Å²) in [6.07, 6.45) is 4.40. The second-order valence-corrected chi connectivity index (χ2v) is 9.00. The fourth-order valence-electron chi connectivity index (χ4n) is 4.38. The van der Waals surface area contributed by atoms with Crippen LogP contribution in [0.15, 0.2) is 48.5 Å². The first-order valence-corrected chi connectivity index (χ1v) is 11.6. The zero-order valence-corrected chi connectivity index (χ0v) is 19.2. The number of carbonyl (C=O) groups is 2. The monoisotopic (exact) mass is 436 g/mol. The van der Waals surface area contributed by atoms with E-state index in [9.17, 15) is 9.59 Å². The van der Waals surface area contributed by atoms with Crippen molar-refractivity contribution in [1.29, 1.82) is 0 Å². The van der Waals surface area contributed by atoms with Crippen LogP contribution in [0.25, 0.3) is 0 Å². The number of benzene rings is 2. The summed E-state index contributed by atoms with van der Waals surface area (Å²) in [6, 6.07) is 16.0. The van der Waals surface area contributed by atoms with Crippen molar-refractivity contribution < 1.29 is 9.59 Å². The smallest absolute Gasteiger partial charge is 0.315 e. The first-order chi connectivity index (χ1) is 15.5. The highest BCUT2D eigenvalue weighted by Gasteiger charge is 2.22. The van der Waals surface area contributed by atoms with E-state index in [0.29, 0.717) is 38.0 Å². The Morgan fingerprint density at radius 1 is 0.750 bits per heavy atom. The summed E-state index contributed by atoms with van der Waals surface area (Å²) in [5.41, 5.74) is 4.58. The standard InChI is InChI=1S/C26H36N4O2/c1-19-6-3-8-21(12-19)15-27-25(31)29-17-23-10-5-11-24(14-23)18-30-26(32)28-16-22-9-4-7-20(2)13-22/h3-4,6-9,12-13,23-24H,5,10-11,14-18H2,1-2H3,(H2,27,29,31)(H2,28,30,32)/t23-,24-/m1/s1. The summed E-state index contributed by atoms with van der Waals surface area (Å²) in [5, 5.41) is 11.9. The molecule has 2 atom stereocenters. The molecular formula is C26H36N4O2. The largest absolute Gasteiger partial charge is 0.338 e. The molecular weight excluding hydrogens is 400 g/mol. The predicted molar refractivity (Wildman–Crippen MR) is 128 cm³/mol. The van der Waals surface area contributed by atoms with Gasteiger partial charge in [-0.05, 0) is 56.1 Å². The average Bonchev–Trinajstić information content (AvgIpc) is 2.79. The van der Waals surface area contributed by atoms with E-state index in [1.807, 2.05) is 50.2 Å². The van der Waals surface area contributed by atoms with Crippen LogP contribution in [0.1, 0.15) is 47.9 Å². The van der Waals surface area contributed by atoms with Gasteiger partial charge in [0, 0.05) is 26.2 Å². The molecule has 0 saturated heterocycles. The lowest BCUT2D eigenvalue weighted by Crippen LogP contribution is -2.41. The van der Waals surface area contributed by atoms with Crippen LogP contribution in [-0.4, -0.2) is 25.2 Å². The van der Waals surface area contributed by atoms with Crippen molar-refractivity contribution in [3.05, 3.63) is 70.8 Å². The van der Waals surface area contributed by atoms with Crippen LogP contribution in [-0.2, 0) is 13.1 Å². The van der Waals surface area contributed by atoms with Gasteiger partial charge in [0.1, 0.15) is 0 Å². The van der Waals surface area contributed by atoms with Gasteiger partial charge in [-0.3, -0.25) is 0 Å². The van der Waals surface area contributed by atoms with E-state index in [2.05, 4.69) is 33.4 Å². The fraction of sp³-hybridized carbons (Fsp3) is 0.462. The SMILES string of the molecule is Cc1cccc(CNC(=O)NC[C@@H]2CCC[C@@H](CNC(=O)NCc3cccc(C)c3)C2)c1. The first kappa shape index (κ1) is 23.6. The van der Waals surface area contributed by atoms with E-state index >= 15 is 0 Å². The van der Waals surface area contributed by atoms with Crippen LogP contribution in [0.4, 0.5) is 9.59 Å². The van der Waals surface area contributed by atoms with Gasteiger partial charge in [-0.15, -0.1) is 0 Å². The van der Waals surface area contributed by atoms with E-state index in [1.165, 1.54) is 11.1 Å². The molecule has 4 N–H and O–H groups in total. The highest BCUT2D eigenvalue weighted by atomic mass is 16.2. The molecule has 0 heterocycles. The minimum atomic E-state index is -0.123. The van der Waals surface area contributed by atoms with E-state index in [1.54, 1.807) is 0 Å². The molecule has 0 unspecified atom stereocenters. The molecule has 4 amide bonds. The Morgan fingerprint density at radius 2 is 1.22 bits per heavy atom. The molecule has 0 radical (unpaired) electrons. The third-order valence-electron chi connectivity index (χ3n) is 6.07. The minimum absolute atomic E-state index is 0.123. The zero-order valence-electron chi connectivity index (χ0n) is 19.2. The van der Waals surface area contributed by atoms with Crippen molar-refractivity contribution in [2.24, 2.45) is 11.8 Å². The molecule has 0 bridgehead atoms. The van der Waals surface area contributed by atoms with Crippen molar-refractivity contribution in [2.45, 2.75) is 52.6 Å². The Bertz CT molecular complexity index is 827. The minimum Gasteiger partial charge on any atom is -0.338 e. The highest BCUT2D eigenvalue weighted by molar-refractivity contribution is 5.74.